The largest absolute Gasteiger partial charge is 0.401 e. The van der Waals surface area contributed by atoms with Crippen LogP contribution in [0.5, 0.6) is 0 Å². The van der Waals surface area contributed by atoms with Gasteiger partial charge in [-0.25, -0.2) is 18.4 Å². The molecule has 0 atom stereocenters. The Bertz CT molecular complexity index is 1190. The van der Waals surface area contributed by atoms with Crippen LogP contribution in [0.3, 0.4) is 0 Å². The molecule has 1 aromatic carbocycles. The van der Waals surface area contributed by atoms with Gasteiger partial charge in [-0.05, 0) is 37.6 Å². The Morgan fingerprint density at radius 3 is 2.30 bits per heavy atom. The van der Waals surface area contributed by atoms with Crippen molar-refractivity contribution in [1.29, 1.82) is 0 Å². The third-order valence-electron chi connectivity index (χ3n) is 4.10. The first kappa shape index (κ1) is 22.7. The Morgan fingerprint density at radius 2 is 1.80 bits per heavy atom. The number of nitrogens with two attached hydrogens (primary N) is 3. The number of anilines is 1. The molecule has 1 aromatic heterocycles. The Labute approximate surface area is 177 Å². The van der Waals surface area contributed by atoms with Crippen LogP contribution in [-0.2, 0) is 16.3 Å². The fourth-order valence-electron chi connectivity index (χ4n) is 2.64. The first-order valence-electron chi connectivity index (χ1n) is 9.10. The molecule has 1 heterocycles. The van der Waals surface area contributed by atoms with E-state index in [-0.39, 0.29) is 10.7 Å². The summed E-state index contributed by atoms with van der Waals surface area (Å²) in [6.45, 7) is 7.30. The molecule has 7 nitrogen and oxygen atoms in total. The molecule has 30 heavy (non-hydrogen) atoms. The second kappa shape index (κ2) is 9.29. The monoisotopic (exact) mass is 423 g/mol. The summed E-state index contributed by atoms with van der Waals surface area (Å²) < 4.78 is 23.5. The van der Waals surface area contributed by atoms with E-state index in [2.05, 4.69) is 28.4 Å². The molecule has 6 N–H and O–H groups in total. The second-order valence-corrected chi connectivity index (χ2v) is 8.66. The van der Waals surface area contributed by atoms with Crippen LogP contribution in [0.25, 0.3) is 0 Å². The van der Waals surface area contributed by atoms with Gasteiger partial charge in [-0.15, -0.1) is 0 Å². The van der Waals surface area contributed by atoms with Crippen molar-refractivity contribution in [2.45, 2.75) is 25.2 Å². The molecule has 0 fully saturated rings. The Balaban J connectivity index is 2.60. The smallest absolute Gasteiger partial charge is 0.175 e. The quantitative estimate of drug-likeness (QED) is 0.498. The molecule has 0 amide bonds. The molecule has 0 saturated carbocycles. The topological polar surface area (TPSA) is 137 Å². The first-order valence-corrected chi connectivity index (χ1v) is 11.0. The van der Waals surface area contributed by atoms with Crippen molar-refractivity contribution in [2.24, 2.45) is 16.5 Å². The van der Waals surface area contributed by atoms with E-state index in [4.69, 9.17) is 17.2 Å². The molecule has 0 radical (unpaired) electrons. The average molecular weight is 424 g/mol. The summed E-state index contributed by atoms with van der Waals surface area (Å²) in [6.07, 6.45) is 1.81. The van der Waals surface area contributed by atoms with Gasteiger partial charge in [-0.1, -0.05) is 37.5 Å². The van der Waals surface area contributed by atoms with Crippen molar-refractivity contribution >= 4 is 21.4 Å². The number of sulfone groups is 1. The lowest BCUT2D eigenvalue weighted by Crippen LogP contribution is -2.12. The molecule has 2 rings (SSSR count). The van der Waals surface area contributed by atoms with Crippen LogP contribution in [-0.4, -0.2) is 25.4 Å². The van der Waals surface area contributed by atoms with Crippen molar-refractivity contribution in [1.82, 2.24) is 4.98 Å². The minimum Gasteiger partial charge on any atom is -0.401 e. The van der Waals surface area contributed by atoms with Gasteiger partial charge in [0.05, 0.1) is 21.9 Å². The summed E-state index contributed by atoms with van der Waals surface area (Å²) in [4.78, 5) is 8.80. The maximum Gasteiger partial charge on any atom is 0.175 e. The van der Waals surface area contributed by atoms with Crippen LogP contribution in [0.15, 0.2) is 70.0 Å². The summed E-state index contributed by atoms with van der Waals surface area (Å²) in [6, 6.07) is 9.74. The van der Waals surface area contributed by atoms with Crippen LogP contribution in [0.1, 0.15) is 30.7 Å². The van der Waals surface area contributed by atoms with Gasteiger partial charge < -0.3 is 17.2 Å². The maximum absolute atomic E-state index is 11.7. The van der Waals surface area contributed by atoms with Gasteiger partial charge in [0.25, 0.3) is 0 Å². The molecule has 156 valence electrons. The van der Waals surface area contributed by atoms with Gasteiger partial charge in [0, 0.05) is 23.1 Å². The Kier molecular flexibility index (Phi) is 7.03. The molecule has 0 spiro atoms. The first-order chi connectivity index (χ1) is 14.0. The molecular weight excluding hydrogens is 398 g/mol. The number of hydrogen-bond acceptors (Lipinski definition) is 7. The number of nitrogen functional groups attached to an aromatic ring is 1. The lowest BCUT2D eigenvalue weighted by atomic mass is 10.00. The van der Waals surface area contributed by atoms with Crippen molar-refractivity contribution < 1.29 is 8.42 Å². The molecule has 0 bridgehead atoms. The SMILES string of the molecule is C=C(N)N=C(/C(C#Cc1ccc(N)nc1CC)=C(/C)N)c1ccc(S(C)(=O)=O)cc1. The summed E-state index contributed by atoms with van der Waals surface area (Å²) in [5.74, 6) is 6.63. The minimum absolute atomic E-state index is 0.0705. The standard InChI is InChI=1S/C22H25N5O2S/c1-5-20-16(9-13-21(25)27-20)8-12-19(14(2)23)22(26-15(3)24)17-6-10-18(11-7-17)30(4,28)29/h6-7,9-11,13H,3,5,23-24H2,1-2,4H3,(H2,25,27)/b19-14-,26-22?. The summed E-state index contributed by atoms with van der Waals surface area (Å²) in [5, 5.41) is 0. The highest BCUT2D eigenvalue weighted by molar-refractivity contribution is 7.90. The highest BCUT2D eigenvalue weighted by atomic mass is 32.2. The van der Waals surface area contributed by atoms with E-state index in [0.29, 0.717) is 34.8 Å². The van der Waals surface area contributed by atoms with Crippen molar-refractivity contribution in [3.63, 3.8) is 0 Å². The maximum atomic E-state index is 11.7. The van der Waals surface area contributed by atoms with Gasteiger partial charge in [0.1, 0.15) is 11.6 Å². The van der Waals surface area contributed by atoms with Gasteiger partial charge in [-0.2, -0.15) is 0 Å². The summed E-state index contributed by atoms with van der Waals surface area (Å²) in [5.41, 5.74) is 21.0. The van der Waals surface area contributed by atoms with E-state index >= 15 is 0 Å². The highest BCUT2D eigenvalue weighted by Crippen LogP contribution is 2.17. The fourth-order valence-corrected chi connectivity index (χ4v) is 3.27. The average Bonchev–Trinajstić information content (AvgIpc) is 2.67. The number of pyridine rings is 1. The molecule has 0 aliphatic heterocycles. The normalized spacial score (nSPS) is 12.6. The number of benzene rings is 1. The summed E-state index contributed by atoms with van der Waals surface area (Å²) in [7, 11) is -3.33. The van der Waals surface area contributed by atoms with Gasteiger partial charge >= 0.3 is 0 Å². The fraction of sp³-hybridized carbons (Fsp3) is 0.182. The molecule has 0 aliphatic rings. The zero-order chi connectivity index (χ0) is 22.5. The van der Waals surface area contributed by atoms with E-state index in [0.717, 1.165) is 17.5 Å². The Morgan fingerprint density at radius 1 is 1.17 bits per heavy atom. The van der Waals surface area contributed by atoms with E-state index in [1.54, 1.807) is 31.2 Å². The van der Waals surface area contributed by atoms with E-state index in [1.165, 1.54) is 12.1 Å². The predicted molar refractivity (Wildman–Crippen MR) is 121 cm³/mol. The molecule has 0 unspecified atom stereocenters. The zero-order valence-corrected chi connectivity index (χ0v) is 18.0. The van der Waals surface area contributed by atoms with Crippen molar-refractivity contribution in [3.05, 3.63) is 76.9 Å². The second-order valence-electron chi connectivity index (χ2n) is 6.64. The molecule has 2 aromatic rings. The molecule has 0 aliphatic carbocycles. The third-order valence-corrected chi connectivity index (χ3v) is 5.22. The van der Waals surface area contributed by atoms with Crippen LogP contribution in [0, 0.1) is 11.8 Å². The third kappa shape index (κ3) is 5.72. The Hall–Kier alpha value is -3.57. The number of aromatic nitrogens is 1. The van der Waals surface area contributed by atoms with Crippen molar-refractivity contribution in [3.8, 4) is 11.8 Å². The lowest BCUT2D eigenvalue weighted by Gasteiger charge is -2.10. The van der Waals surface area contributed by atoms with Gasteiger partial charge in [-0.3, -0.25) is 0 Å². The van der Waals surface area contributed by atoms with Crippen LogP contribution in [0.2, 0.25) is 0 Å². The number of hydrogen-bond donors (Lipinski definition) is 3. The van der Waals surface area contributed by atoms with E-state index < -0.39 is 9.84 Å². The van der Waals surface area contributed by atoms with Crippen LogP contribution >= 0.6 is 0 Å². The van der Waals surface area contributed by atoms with Gasteiger partial charge in [0.2, 0.25) is 0 Å². The minimum atomic E-state index is -3.33. The molecular formula is C22H25N5O2S. The van der Waals surface area contributed by atoms with E-state index in [9.17, 15) is 8.42 Å². The zero-order valence-electron chi connectivity index (χ0n) is 17.2. The highest BCUT2D eigenvalue weighted by Gasteiger charge is 2.14. The van der Waals surface area contributed by atoms with E-state index in [1.807, 2.05) is 6.92 Å². The van der Waals surface area contributed by atoms with Gasteiger partial charge in [0.15, 0.2) is 9.84 Å². The van der Waals surface area contributed by atoms with Crippen LogP contribution in [0.4, 0.5) is 5.82 Å². The number of aryl methyl sites for hydroxylation is 1. The number of nitrogens with zero attached hydrogens (tertiary/aromatic N) is 2. The molecule has 8 heteroatoms. The lowest BCUT2D eigenvalue weighted by molar-refractivity contribution is 0.602. The summed E-state index contributed by atoms with van der Waals surface area (Å²) >= 11 is 0. The molecule has 0 saturated heterocycles. The number of aliphatic imine (C=N–C) groups is 1. The van der Waals surface area contributed by atoms with Crippen molar-refractivity contribution in [2.75, 3.05) is 12.0 Å². The number of rotatable bonds is 5. The van der Waals surface area contributed by atoms with Crippen LogP contribution < -0.4 is 17.2 Å². The number of allylic oxidation sites excluding steroid dienone is 2. The predicted octanol–water partition coefficient (Wildman–Crippen LogP) is 2.13.